The standard InChI is InChI=1S/C22H28N2O4S/c1-3-21(17-10-12-19(28-2)13-11-17)23-22(25)18-8-7-9-20(16-18)29(26,27)24-14-5-4-6-15-24/h7-13,16,21H,3-6,14-15H2,1-2H3,(H,23,25)/t21-/m1/s1. The summed E-state index contributed by atoms with van der Waals surface area (Å²) in [6.07, 6.45) is 3.51. The Hall–Kier alpha value is -2.38. The summed E-state index contributed by atoms with van der Waals surface area (Å²) in [4.78, 5) is 13.0. The van der Waals surface area contributed by atoms with Crippen LogP contribution in [0.5, 0.6) is 5.75 Å². The monoisotopic (exact) mass is 416 g/mol. The van der Waals surface area contributed by atoms with Gasteiger partial charge in [0.2, 0.25) is 10.0 Å². The van der Waals surface area contributed by atoms with Gasteiger partial charge in [-0.15, -0.1) is 0 Å². The molecule has 1 heterocycles. The number of sulfonamides is 1. The normalized spacial score (nSPS) is 16.2. The second-order valence-electron chi connectivity index (χ2n) is 7.20. The molecule has 1 amide bonds. The van der Waals surface area contributed by atoms with Crippen molar-refractivity contribution >= 4 is 15.9 Å². The van der Waals surface area contributed by atoms with Crippen LogP contribution in [0.2, 0.25) is 0 Å². The molecule has 0 spiro atoms. The number of methoxy groups -OCH3 is 1. The Kier molecular flexibility index (Phi) is 6.92. The van der Waals surface area contributed by atoms with Crippen LogP contribution in [0.3, 0.4) is 0 Å². The Labute approximate surface area is 172 Å². The summed E-state index contributed by atoms with van der Waals surface area (Å²) in [5, 5.41) is 3.01. The summed E-state index contributed by atoms with van der Waals surface area (Å²) in [7, 11) is -1.96. The van der Waals surface area contributed by atoms with Gasteiger partial charge in [-0.3, -0.25) is 4.79 Å². The van der Waals surface area contributed by atoms with Crippen LogP contribution in [0.25, 0.3) is 0 Å². The molecule has 3 rings (SSSR count). The van der Waals surface area contributed by atoms with E-state index in [-0.39, 0.29) is 16.8 Å². The first kappa shape index (κ1) is 21.3. The molecule has 0 aromatic heterocycles. The van der Waals surface area contributed by atoms with Crippen LogP contribution >= 0.6 is 0 Å². The van der Waals surface area contributed by atoms with Gasteiger partial charge in [0.15, 0.2) is 0 Å². The number of piperidine rings is 1. The number of carbonyl (C=O) groups is 1. The van der Waals surface area contributed by atoms with Crippen LogP contribution in [0.15, 0.2) is 53.4 Å². The Balaban J connectivity index is 1.77. The molecule has 0 bridgehead atoms. The van der Waals surface area contributed by atoms with E-state index in [0.717, 1.165) is 30.6 Å². The number of hydrogen-bond donors (Lipinski definition) is 1. The summed E-state index contributed by atoms with van der Waals surface area (Å²) >= 11 is 0. The van der Waals surface area contributed by atoms with Crippen molar-refractivity contribution in [2.24, 2.45) is 0 Å². The fraction of sp³-hybridized carbons (Fsp3) is 0.409. The predicted octanol–water partition coefficient (Wildman–Crippen LogP) is 3.75. The Morgan fingerprint density at radius 2 is 1.79 bits per heavy atom. The number of ether oxygens (including phenoxy) is 1. The van der Waals surface area contributed by atoms with Crippen molar-refractivity contribution in [1.82, 2.24) is 9.62 Å². The van der Waals surface area contributed by atoms with Crippen LogP contribution < -0.4 is 10.1 Å². The van der Waals surface area contributed by atoms with Crippen molar-refractivity contribution in [3.05, 3.63) is 59.7 Å². The number of nitrogens with zero attached hydrogens (tertiary/aromatic N) is 1. The molecule has 1 fully saturated rings. The number of rotatable bonds is 7. The molecule has 156 valence electrons. The molecule has 0 unspecified atom stereocenters. The molecular formula is C22H28N2O4S. The van der Waals surface area contributed by atoms with Crippen LogP contribution in [-0.2, 0) is 10.0 Å². The van der Waals surface area contributed by atoms with E-state index in [2.05, 4.69) is 5.32 Å². The number of benzene rings is 2. The zero-order valence-electron chi connectivity index (χ0n) is 16.9. The fourth-order valence-corrected chi connectivity index (χ4v) is 5.11. The highest BCUT2D eigenvalue weighted by Crippen LogP contribution is 2.23. The Bertz CT molecular complexity index is 936. The van der Waals surface area contributed by atoms with Gasteiger partial charge in [0.05, 0.1) is 18.0 Å². The van der Waals surface area contributed by atoms with Crippen molar-refractivity contribution in [2.45, 2.75) is 43.5 Å². The lowest BCUT2D eigenvalue weighted by Gasteiger charge is -2.26. The van der Waals surface area contributed by atoms with Gasteiger partial charge in [-0.05, 0) is 55.2 Å². The highest BCUT2D eigenvalue weighted by Gasteiger charge is 2.26. The van der Waals surface area contributed by atoms with Crippen molar-refractivity contribution in [1.29, 1.82) is 0 Å². The molecule has 1 N–H and O–H groups in total. The second-order valence-corrected chi connectivity index (χ2v) is 9.14. The molecular weight excluding hydrogens is 388 g/mol. The van der Waals surface area contributed by atoms with E-state index >= 15 is 0 Å². The van der Waals surface area contributed by atoms with E-state index in [1.54, 1.807) is 25.3 Å². The number of nitrogens with one attached hydrogen (secondary N) is 1. The predicted molar refractivity (Wildman–Crippen MR) is 113 cm³/mol. The molecule has 7 heteroatoms. The van der Waals surface area contributed by atoms with Gasteiger partial charge < -0.3 is 10.1 Å². The molecule has 0 radical (unpaired) electrons. The lowest BCUT2D eigenvalue weighted by atomic mass is 10.0. The average molecular weight is 417 g/mol. The summed E-state index contributed by atoms with van der Waals surface area (Å²) in [5.74, 6) is 0.467. The first-order chi connectivity index (χ1) is 14.0. The summed E-state index contributed by atoms with van der Waals surface area (Å²) < 4.78 is 32.5. The van der Waals surface area contributed by atoms with Gasteiger partial charge in [-0.1, -0.05) is 31.5 Å². The highest BCUT2D eigenvalue weighted by atomic mass is 32.2. The number of carbonyl (C=O) groups excluding carboxylic acids is 1. The maximum atomic E-state index is 12.9. The van der Waals surface area contributed by atoms with E-state index in [4.69, 9.17) is 4.74 Å². The van der Waals surface area contributed by atoms with E-state index in [1.165, 1.54) is 10.4 Å². The molecule has 1 atom stereocenters. The maximum Gasteiger partial charge on any atom is 0.251 e. The Morgan fingerprint density at radius 3 is 2.41 bits per heavy atom. The third kappa shape index (κ3) is 4.97. The minimum absolute atomic E-state index is 0.171. The quantitative estimate of drug-likeness (QED) is 0.746. The van der Waals surface area contributed by atoms with E-state index in [0.29, 0.717) is 25.1 Å². The first-order valence-electron chi connectivity index (χ1n) is 10.0. The van der Waals surface area contributed by atoms with Crippen LogP contribution in [0.1, 0.15) is 54.6 Å². The lowest BCUT2D eigenvalue weighted by Crippen LogP contribution is -2.35. The van der Waals surface area contributed by atoms with Gasteiger partial charge in [-0.25, -0.2) is 8.42 Å². The smallest absolute Gasteiger partial charge is 0.251 e. The molecule has 29 heavy (non-hydrogen) atoms. The van der Waals surface area contributed by atoms with Crippen LogP contribution in [0, 0.1) is 0 Å². The number of amides is 1. The van der Waals surface area contributed by atoms with Gasteiger partial charge in [0.1, 0.15) is 5.75 Å². The number of hydrogen-bond acceptors (Lipinski definition) is 4. The molecule has 6 nitrogen and oxygen atoms in total. The summed E-state index contributed by atoms with van der Waals surface area (Å²) in [5.41, 5.74) is 1.31. The minimum Gasteiger partial charge on any atom is -0.497 e. The van der Waals surface area contributed by atoms with Crippen LogP contribution in [-0.4, -0.2) is 38.8 Å². The first-order valence-corrected chi connectivity index (χ1v) is 11.4. The maximum absolute atomic E-state index is 12.9. The van der Waals surface area contributed by atoms with Gasteiger partial charge >= 0.3 is 0 Å². The van der Waals surface area contributed by atoms with E-state index in [1.807, 2.05) is 31.2 Å². The topological polar surface area (TPSA) is 75.7 Å². The second kappa shape index (κ2) is 9.41. The third-order valence-corrected chi connectivity index (χ3v) is 7.18. The molecule has 1 aliphatic heterocycles. The van der Waals surface area contributed by atoms with E-state index < -0.39 is 10.0 Å². The van der Waals surface area contributed by atoms with Crippen molar-refractivity contribution in [3.8, 4) is 5.75 Å². The van der Waals surface area contributed by atoms with Crippen molar-refractivity contribution in [3.63, 3.8) is 0 Å². The molecule has 1 aliphatic rings. The molecule has 0 saturated carbocycles. The van der Waals surface area contributed by atoms with Crippen molar-refractivity contribution in [2.75, 3.05) is 20.2 Å². The third-order valence-electron chi connectivity index (χ3n) is 5.28. The SMILES string of the molecule is CC[C@@H](NC(=O)c1cccc(S(=O)(=O)N2CCCCC2)c1)c1ccc(OC)cc1. The highest BCUT2D eigenvalue weighted by molar-refractivity contribution is 7.89. The molecule has 2 aromatic rings. The zero-order valence-corrected chi connectivity index (χ0v) is 17.7. The van der Waals surface area contributed by atoms with Gasteiger partial charge in [-0.2, -0.15) is 4.31 Å². The largest absolute Gasteiger partial charge is 0.497 e. The minimum atomic E-state index is -3.57. The average Bonchev–Trinajstić information content (AvgIpc) is 2.78. The Morgan fingerprint density at radius 1 is 1.10 bits per heavy atom. The van der Waals surface area contributed by atoms with Gasteiger partial charge in [0.25, 0.3) is 5.91 Å². The van der Waals surface area contributed by atoms with Crippen molar-refractivity contribution < 1.29 is 17.9 Å². The zero-order chi connectivity index (χ0) is 20.9. The fourth-order valence-electron chi connectivity index (χ4n) is 3.55. The molecule has 0 aliphatic carbocycles. The molecule has 2 aromatic carbocycles. The molecule has 1 saturated heterocycles. The lowest BCUT2D eigenvalue weighted by molar-refractivity contribution is 0.0935. The van der Waals surface area contributed by atoms with Gasteiger partial charge in [0, 0.05) is 18.7 Å². The van der Waals surface area contributed by atoms with Crippen LogP contribution in [0.4, 0.5) is 0 Å². The van der Waals surface area contributed by atoms with E-state index in [9.17, 15) is 13.2 Å². The summed E-state index contributed by atoms with van der Waals surface area (Å²) in [6, 6.07) is 13.7. The summed E-state index contributed by atoms with van der Waals surface area (Å²) in [6.45, 7) is 3.06.